The van der Waals surface area contributed by atoms with Crippen molar-refractivity contribution in [1.29, 1.82) is 0 Å². The maximum absolute atomic E-state index is 14.8. The number of carbonyl (C=O) groups excluding carboxylic acids is 4. The predicted octanol–water partition coefficient (Wildman–Crippen LogP) is 11.2. The van der Waals surface area contributed by atoms with Crippen molar-refractivity contribution in [2.75, 3.05) is 48.3 Å². The Morgan fingerprint density at radius 1 is 0.842 bits per heavy atom. The molecule has 0 radical (unpaired) electrons. The van der Waals surface area contributed by atoms with Crippen LogP contribution < -0.4 is 25.2 Å². The lowest BCUT2D eigenvalue weighted by Gasteiger charge is -2.42. The zero-order chi connectivity index (χ0) is 66.2. The van der Waals surface area contributed by atoms with Gasteiger partial charge < -0.3 is 34.5 Å². The molecule has 95 heavy (non-hydrogen) atoms. The van der Waals surface area contributed by atoms with Crippen LogP contribution in [0.2, 0.25) is 0 Å². The molecule has 5 aliphatic rings. The highest BCUT2D eigenvalue weighted by molar-refractivity contribution is 7.90. The third-order valence-electron chi connectivity index (χ3n) is 20.6. The SMILES string of the molecule is Cc1ncsc1-c1ccc([C@H](C)NC(=O)[C@@H]2C[C@@H](O)CN2C(=O)[C@@H](c2cc(N(C)C3CCC(N4CCC(S(=O)(=O)NC(=O)c5nc(N6CCc7cccc(C(=O)Nc8nc9ccccc9s8)c7C6)ccc5-c5cnn(CC6CCCCC6)c5C)CC4)CC3)no2)C(C)C)cc1. The molecular formula is C71H85N13O8S3. The summed E-state index contributed by atoms with van der Waals surface area (Å²) in [5.74, 6) is -0.610. The van der Waals surface area contributed by atoms with E-state index in [0.717, 1.165) is 99.4 Å². The van der Waals surface area contributed by atoms with E-state index in [-0.39, 0.29) is 60.4 Å². The zero-order valence-corrected chi connectivity index (χ0v) is 57.3. The highest BCUT2D eigenvalue weighted by Gasteiger charge is 2.44. The van der Waals surface area contributed by atoms with Crippen LogP contribution in [-0.2, 0) is 39.1 Å². The Labute approximate surface area is 563 Å². The molecule has 8 heterocycles. The maximum atomic E-state index is 14.8. The Kier molecular flexibility index (Phi) is 19.4. The minimum Gasteiger partial charge on any atom is -0.391 e. The van der Waals surface area contributed by atoms with Gasteiger partial charge in [-0.2, -0.15) is 5.10 Å². The number of benzene rings is 3. The van der Waals surface area contributed by atoms with Crippen LogP contribution in [-0.4, -0.2) is 140 Å². The number of aliphatic hydroxyl groups is 1. The predicted molar refractivity (Wildman–Crippen MR) is 370 cm³/mol. The summed E-state index contributed by atoms with van der Waals surface area (Å²) < 4.78 is 40.5. The quantitative estimate of drug-likeness (QED) is 0.0587. The fourth-order valence-corrected chi connectivity index (χ4v) is 18.1. The number of anilines is 3. The molecule has 0 bridgehead atoms. The van der Waals surface area contributed by atoms with E-state index in [1.54, 1.807) is 17.5 Å². The highest BCUT2D eigenvalue weighted by atomic mass is 32.2. The van der Waals surface area contributed by atoms with E-state index >= 15 is 0 Å². The normalized spacial score (nSPS) is 20.6. The highest BCUT2D eigenvalue weighted by Crippen LogP contribution is 2.39. The van der Waals surface area contributed by atoms with Crippen molar-refractivity contribution < 1.29 is 37.2 Å². The molecule has 24 heteroatoms. The Bertz CT molecular complexity index is 4180. The summed E-state index contributed by atoms with van der Waals surface area (Å²) in [6.45, 7) is 12.6. The molecule has 21 nitrogen and oxygen atoms in total. The molecule has 3 aliphatic heterocycles. The van der Waals surface area contributed by atoms with Crippen molar-refractivity contribution in [3.63, 3.8) is 0 Å². The molecular weight excluding hydrogens is 1260 g/mol. The van der Waals surface area contributed by atoms with Gasteiger partial charge in [-0.05, 0) is 156 Å². The minimum absolute atomic E-state index is 0.00183. The van der Waals surface area contributed by atoms with Gasteiger partial charge in [0.15, 0.2) is 16.7 Å². The van der Waals surface area contributed by atoms with Crippen LogP contribution in [0.1, 0.15) is 164 Å². The Hall–Kier alpha value is -7.90. The minimum atomic E-state index is -4.16. The number of pyridine rings is 1. The number of piperidine rings is 1. The number of sulfonamides is 1. The summed E-state index contributed by atoms with van der Waals surface area (Å²) >= 11 is 3.00. The fourth-order valence-electron chi connectivity index (χ4n) is 15.1. The number of aryl methyl sites for hydroxylation is 1. The van der Waals surface area contributed by atoms with Gasteiger partial charge in [-0.15, -0.1) is 11.3 Å². The van der Waals surface area contributed by atoms with Crippen LogP contribution >= 0.6 is 22.7 Å². The van der Waals surface area contributed by atoms with E-state index in [1.807, 2.05) is 142 Å². The van der Waals surface area contributed by atoms with Gasteiger partial charge in [0.1, 0.15) is 23.5 Å². The number of β-amino-alcohol motifs (C(OH)–C–C–N with tert-alkyl or cyclic N) is 1. The third kappa shape index (κ3) is 14.1. The molecule has 4 atom stereocenters. The van der Waals surface area contributed by atoms with Gasteiger partial charge in [-0.1, -0.05) is 98.1 Å². The largest absolute Gasteiger partial charge is 0.391 e. The Balaban J connectivity index is 0.635. The van der Waals surface area contributed by atoms with Crippen molar-refractivity contribution in [2.45, 2.75) is 173 Å². The van der Waals surface area contributed by atoms with Gasteiger partial charge in [-0.25, -0.2) is 28.1 Å². The lowest BCUT2D eigenvalue weighted by atomic mass is 9.88. The molecule has 0 unspecified atom stereocenters. The van der Waals surface area contributed by atoms with Gasteiger partial charge in [0, 0.05) is 80.2 Å². The van der Waals surface area contributed by atoms with Crippen LogP contribution in [0.5, 0.6) is 0 Å². The van der Waals surface area contributed by atoms with Crippen molar-refractivity contribution in [3.8, 4) is 21.6 Å². The van der Waals surface area contributed by atoms with Gasteiger partial charge in [-0.3, -0.25) is 29.2 Å². The number of carbonyl (C=O) groups is 4. The topological polar surface area (TPSA) is 254 Å². The number of rotatable bonds is 19. The van der Waals surface area contributed by atoms with E-state index in [1.165, 1.54) is 35.5 Å². The van der Waals surface area contributed by atoms with E-state index in [4.69, 9.17) is 14.6 Å². The average molecular weight is 1340 g/mol. The average Bonchev–Trinajstić information content (AvgIpc) is 1.78. The number of likely N-dealkylation sites (tertiary alicyclic amines) is 2. The van der Waals surface area contributed by atoms with Crippen LogP contribution in [0, 0.1) is 25.7 Å². The molecule has 2 aliphatic carbocycles. The van der Waals surface area contributed by atoms with Crippen molar-refractivity contribution in [3.05, 3.63) is 142 Å². The lowest BCUT2D eigenvalue weighted by molar-refractivity contribution is -0.141. The number of hydrogen-bond donors (Lipinski definition) is 4. The second kappa shape index (κ2) is 28.0. The lowest BCUT2D eigenvalue weighted by Crippen LogP contribution is -2.50. The molecule has 4 amide bonds. The third-order valence-corrected chi connectivity index (χ3v) is 24.4. The standard InChI is InChI=1S/C71H85N13O8S3/c1-42(2)64(70(89)83-39-52(85)35-59(83)68(87)74-43(3)47-19-21-49(22-20-47)66-44(4)72-41-93-66)60-36-63(78-92-60)80(6)50-23-25-51(26-24-50)81-33-30-53(31-34-81)95(90,91)79-69(88)65-54(56-37-73-84(45(56)5)38-46-13-8-7-9-14-46)27-28-62(76-65)82-32-29-48-15-12-16-55(57(48)40-82)67(86)77-71-75-58-17-10-11-18-61(58)94-71/h10-12,15-22,27-28,36-37,41-43,46,50-53,59,64,85H,7-9,13-14,23-26,29-35,38-40H2,1-6H3,(H,74,87)(H,79,88)(H,75,77,86)/t43-,50?,51?,52+,59-,64+/m0/s1. The molecule has 2 saturated carbocycles. The maximum Gasteiger partial charge on any atom is 0.284 e. The van der Waals surface area contributed by atoms with Crippen LogP contribution in [0.4, 0.5) is 16.8 Å². The van der Waals surface area contributed by atoms with Crippen molar-refractivity contribution in [1.82, 2.24) is 49.7 Å². The molecule has 5 aromatic heterocycles. The first kappa shape index (κ1) is 65.7. The Morgan fingerprint density at radius 3 is 2.35 bits per heavy atom. The summed E-state index contributed by atoms with van der Waals surface area (Å²) in [5, 5.41) is 26.0. The van der Waals surface area contributed by atoms with Crippen molar-refractivity contribution in [2.24, 2.45) is 11.8 Å². The molecule has 4 fully saturated rings. The van der Waals surface area contributed by atoms with E-state index in [2.05, 4.69) is 40.3 Å². The second-order valence-electron chi connectivity index (χ2n) is 27.1. The number of hydrogen-bond acceptors (Lipinski definition) is 18. The summed E-state index contributed by atoms with van der Waals surface area (Å²) in [6.07, 6.45) is 11.8. The zero-order valence-electron chi connectivity index (χ0n) is 54.9. The van der Waals surface area contributed by atoms with Crippen LogP contribution in [0.25, 0.3) is 31.8 Å². The van der Waals surface area contributed by atoms with Gasteiger partial charge in [0.05, 0.1) is 49.9 Å². The Morgan fingerprint density at radius 2 is 1.61 bits per heavy atom. The molecule has 2 saturated heterocycles. The molecule has 3 aromatic carbocycles. The molecule has 8 aromatic rings. The first-order valence-electron chi connectivity index (χ1n) is 33.7. The van der Waals surface area contributed by atoms with E-state index in [0.29, 0.717) is 85.0 Å². The number of nitrogens with zero attached hydrogens (tertiary/aromatic N) is 10. The number of aliphatic hydroxyl groups excluding tert-OH is 1. The first-order chi connectivity index (χ1) is 45.8. The smallest absolute Gasteiger partial charge is 0.284 e. The van der Waals surface area contributed by atoms with Gasteiger partial charge in [0.25, 0.3) is 11.8 Å². The summed E-state index contributed by atoms with van der Waals surface area (Å²) in [5.41, 5.74) is 10.1. The van der Waals surface area contributed by atoms with Crippen LogP contribution in [0.15, 0.2) is 101 Å². The second-order valence-corrected chi connectivity index (χ2v) is 30.9. The van der Waals surface area contributed by atoms with E-state index < -0.39 is 39.2 Å². The number of nitrogens with one attached hydrogen (secondary N) is 3. The molecule has 0 spiro atoms. The molecule has 500 valence electrons. The number of fused-ring (bicyclic) bond motifs is 2. The summed E-state index contributed by atoms with van der Waals surface area (Å²) in [6, 6.07) is 26.3. The summed E-state index contributed by atoms with van der Waals surface area (Å²) in [7, 11) is -2.17. The fraction of sp³-hybridized carbons (Fsp3) is 0.479. The summed E-state index contributed by atoms with van der Waals surface area (Å²) in [4.78, 5) is 80.5. The van der Waals surface area contributed by atoms with Gasteiger partial charge in [0.2, 0.25) is 21.8 Å². The van der Waals surface area contributed by atoms with E-state index in [9.17, 15) is 32.7 Å². The molecule has 4 N–H and O–H groups in total. The first-order valence-corrected chi connectivity index (χ1v) is 36.9. The van der Waals surface area contributed by atoms with Crippen LogP contribution in [0.3, 0.4) is 0 Å². The molecule has 13 rings (SSSR count). The number of amides is 4. The van der Waals surface area contributed by atoms with Gasteiger partial charge >= 0.3 is 0 Å². The number of para-hydroxylation sites is 1. The van der Waals surface area contributed by atoms with Crippen molar-refractivity contribution >= 4 is 83.3 Å². The number of aromatic nitrogens is 6. The monoisotopic (exact) mass is 1340 g/mol. The number of thiazole rings is 2.